The maximum Gasteiger partial charge on any atom is 0.433 e. The van der Waals surface area contributed by atoms with Crippen LogP contribution in [0.5, 0.6) is 5.75 Å². The molecule has 0 aliphatic rings. The number of ether oxygens (including phenoxy) is 2. The molecule has 5 nitrogen and oxygen atoms in total. The number of hydrogen-bond donors (Lipinski definition) is 1. The van der Waals surface area contributed by atoms with E-state index in [2.05, 4.69) is 4.98 Å². The lowest BCUT2D eigenvalue weighted by Gasteiger charge is -2.16. The Morgan fingerprint density at radius 3 is 2.38 bits per heavy atom. The van der Waals surface area contributed by atoms with Gasteiger partial charge in [-0.25, -0.2) is 0 Å². The van der Waals surface area contributed by atoms with E-state index < -0.39 is 23.9 Å². The number of hydrogen-bond acceptors (Lipinski definition) is 4. The van der Waals surface area contributed by atoms with Crippen molar-refractivity contribution in [3.05, 3.63) is 59.4 Å². The molecule has 0 amide bonds. The van der Waals surface area contributed by atoms with Gasteiger partial charge in [-0.3, -0.25) is 9.78 Å². The lowest BCUT2D eigenvalue weighted by Crippen LogP contribution is -2.10. The van der Waals surface area contributed by atoms with E-state index >= 15 is 0 Å². The zero-order valence-corrected chi connectivity index (χ0v) is 14.0. The minimum Gasteiger partial charge on any atom is -0.489 e. The van der Waals surface area contributed by atoms with Gasteiger partial charge < -0.3 is 14.6 Å². The van der Waals surface area contributed by atoms with Crippen LogP contribution in [-0.4, -0.2) is 22.7 Å². The molecule has 26 heavy (non-hydrogen) atoms. The average Bonchev–Trinajstić information content (AvgIpc) is 2.59. The summed E-state index contributed by atoms with van der Waals surface area (Å²) in [6, 6.07) is 8.91. The maximum absolute atomic E-state index is 12.5. The standard InChI is InChI=1S/C18H18F3NO4/c1-2-25-15(9-17(23)24)13-4-6-14(7-5-13)26-11-12-3-8-16(22-10-12)18(19,20)21/h3-8,10,15H,2,9,11H2,1H3,(H,23,24). The van der Waals surface area contributed by atoms with Crippen LogP contribution >= 0.6 is 0 Å². The highest BCUT2D eigenvalue weighted by Crippen LogP contribution is 2.27. The van der Waals surface area contributed by atoms with Crippen molar-refractivity contribution in [3.63, 3.8) is 0 Å². The summed E-state index contributed by atoms with van der Waals surface area (Å²) in [6.07, 6.45) is -4.05. The predicted molar refractivity (Wildman–Crippen MR) is 86.6 cm³/mol. The van der Waals surface area contributed by atoms with Crippen LogP contribution in [0, 0.1) is 0 Å². The third kappa shape index (κ3) is 5.73. The monoisotopic (exact) mass is 369 g/mol. The molecule has 1 unspecified atom stereocenters. The summed E-state index contributed by atoms with van der Waals surface area (Å²) in [5.74, 6) is -0.460. The Morgan fingerprint density at radius 1 is 1.19 bits per heavy atom. The second-order valence-electron chi connectivity index (χ2n) is 5.45. The molecule has 8 heteroatoms. The molecule has 2 aromatic rings. The first kappa shape index (κ1) is 19.7. The Hall–Kier alpha value is -2.61. The van der Waals surface area contributed by atoms with E-state index in [9.17, 15) is 18.0 Å². The molecule has 0 aliphatic carbocycles. The smallest absolute Gasteiger partial charge is 0.433 e. The van der Waals surface area contributed by atoms with E-state index in [0.29, 0.717) is 23.5 Å². The molecule has 0 saturated carbocycles. The van der Waals surface area contributed by atoms with Gasteiger partial charge in [-0.05, 0) is 30.7 Å². The van der Waals surface area contributed by atoms with Crippen molar-refractivity contribution in [1.82, 2.24) is 4.98 Å². The summed E-state index contributed by atoms with van der Waals surface area (Å²) < 4.78 is 48.3. The Bertz CT molecular complexity index is 715. The van der Waals surface area contributed by atoms with Crippen molar-refractivity contribution < 1.29 is 32.5 Å². The number of halogens is 3. The quantitative estimate of drug-likeness (QED) is 0.754. The summed E-state index contributed by atoms with van der Waals surface area (Å²) in [7, 11) is 0. The number of nitrogens with zero attached hydrogens (tertiary/aromatic N) is 1. The lowest BCUT2D eigenvalue weighted by atomic mass is 10.1. The van der Waals surface area contributed by atoms with E-state index in [-0.39, 0.29) is 13.0 Å². The molecular formula is C18H18F3NO4. The molecule has 0 saturated heterocycles. The van der Waals surface area contributed by atoms with E-state index in [1.165, 1.54) is 6.07 Å². The van der Waals surface area contributed by atoms with Gasteiger partial charge in [0.1, 0.15) is 18.1 Å². The zero-order chi connectivity index (χ0) is 19.2. The fourth-order valence-corrected chi connectivity index (χ4v) is 2.26. The normalized spacial score (nSPS) is 12.6. The number of pyridine rings is 1. The zero-order valence-electron chi connectivity index (χ0n) is 14.0. The number of rotatable bonds is 8. The molecule has 1 aromatic carbocycles. The number of carboxylic acid groups (broad SMARTS) is 1. The van der Waals surface area contributed by atoms with Crippen LogP contribution in [-0.2, 0) is 22.3 Å². The van der Waals surface area contributed by atoms with Crippen LogP contribution < -0.4 is 4.74 Å². The third-order valence-corrected chi connectivity index (χ3v) is 3.50. The van der Waals surface area contributed by atoms with Gasteiger partial charge in [0.25, 0.3) is 0 Å². The molecule has 140 valence electrons. The summed E-state index contributed by atoms with van der Waals surface area (Å²) in [4.78, 5) is 14.3. The van der Waals surface area contributed by atoms with Gasteiger partial charge in [0, 0.05) is 18.4 Å². The molecule has 0 bridgehead atoms. The van der Waals surface area contributed by atoms with Gasteiger partial charge in [0.2, 0.25) is 0 Å². The molecule has 1 atom stereocenters. The van der Waals surface area contributed by atoms with Crippen molar-refractivity contribution in [2.24, 2.45) is 0 Å². The number of carbonyl (C=O) groups is 1. The second-order valence-corrected chi connectivity index (χ2v) is 5.45. The molecule has 1 aromatic heterocycles. The minimum absolute atomic E-state index is 0.0640. The van der Waals surface area contributed by atoms with Crippen molar-refractivity contribution in [3.8, 4) is 5.75 Å². The summed E-state index contributed by atoms with van der Waals surface area (Å²) in [6.45, 7) is 2.23. The van der Waals surface area contributed by atoms with Gasteiger partial charge in [-0.1, -0.05) is 18.2 Å². The van der Waals surface area contributed by atoms with Crippen molar-refractivity contribution in [1.29, 1.82) is 0 Å². The molecule has 2 rings (SSSR count). The first-order chi connectivity index (χ1) is 12.3. The maximum atomic E-state index is 12.5. The van der Waals surface area contributed by atoms with Crippen LogP contribution in [0.15, 0.2) is 42.6 Å². The summed E-state index contributed by atoms with van der Waals surface area (Å²) >= 11 is 0. The average molecular weight is 369 g/mol. The third-order valence-electron chi connectivity index (χ3n) is 3.50. The first-order valence-electron chi connectivity index (χ1n) is 7.88. The van der Waals surface area contributed by atoms with Gasteiger partial charge >= 0.3 is 12.1 Å². The number of alkyl halides is 3. The highest BCUT2D eigenvalue weighted by Gasteiger charge is 2.31. The number of aromatic nitrogens is 1. The molecule has 1 heterocycles. The number of carboxylic acids is 1. The Balaban J connectivity index is 1.97. The van der Waals surface area contributed by atoms with E-state index in [4.69, 9.17) is 14.6 Å². The molecular weight excluding hydrogens is 351 g/mol. The van der Waals surface area contributed by atoms with Gasteiger partial charge in [0.15, 0.2) is 0 Å². The van der Waals surface area contributed by atoms with Crippen molar-refractivity contribution >= 4 is 5.97 Å². The molecule has 0 fully saturated rings. The summed E-state index contributed by atoms with van der Waals surface area (Å²) in [5, 5.41) is 8.93. The van der Waals surface area contributed by atoms with Crippen LogP contribution in [0.25, 0.3) is 0 Å². The van der Waals surface area contributed by atoms with Crippen LogP contribution in [0.2, 0.25) is 0 Å². The predicted octanol–water partition coefficient (Wildman–Crippen LogP) is 4.23. The Morgan fingerprint density at radius 2 is 1.88 bits per heavy atom. The first-order valence-corrected chi connectivity index (χ1v) is 7.88. The highest BCUT2D eigenvalue weighted by molar-refractivity contribution is 5.67. The molecule has 1 N–H and O–H groups in total. The van der Waals surface area contributed by atoms with Crippen molar-refractivity contribution in [2.45, 2.75) is 32.2 Å². The van der Waals surface area contributed by atoms with Gasteiger partial charge in [0.05, 0.1) is 12.5 Å². The van der Waals surface area contributed by atoms with E-state index in [1.807, 2.05) is 0 Å². The van der Waals surface area contributed by atoms with E-state index in [0.717, 1.165) is 12.3 Å². The highest BCUT2D eigenvalue weighted by atomic mass is 19.4. The minimum atomic E-state index is -4.47. The van der Waals surface area contributed by atoms with Gasteiger partial charge in [-0.2, -0.15) is 13.2 Å². The van der Waals surface area contributed by atoms with Crippen molar-refractivity contribution in [2.75, 3.05) is 6.61 Å². The largest absolute Gasteiger partial charge is 0.489 e. The van der Waals surface area contributed by atoms with Crippen LogP contribution in [0.4, 0.5) is 13.2 Å². The van der Waals surface area contributed by atoms with E-state index in [1.54, 1.807) is 31.2 Å². The van der Waals surface area contributed by atoms with Crippen LogP contribution in [0.3, 0.4) is 0 Å². The Labute approximate surface area is 148 Å². The molecule has 0 spiro atoms. The SMILES string of the molecule is CCOC(CC(=O)O)c1ccc(OCc2ccc(C(F)(F)F)nc2)cc1. The fraction of sp³-hybridized carbons (Fsp3) is 0.333. The van der Waals surface area contributed by atoms with Gasteiger partial charge in [-0.15, -0.1) is 0 Å². The number of aliphatic carboxylic acids is 1. The second kappa shape index (κ2) is 8.66. The lowest BCUT2D eigenvalue weighted by molar-refractivity contribution is -0.141. The number of benzene rings is 1. The summed E-state index contributed by atoms with van der Waals surface area (Å²) in [5.41, 5.74) is 0.254. The van der Waals surface area contributed by atoms with Crippen LogP contribution in [0.1, 0.15) is 36.3 Å². The molecule has 0 radical (unpaired) electrons. The Kier molecular flexibility index (Phi) is 6.57. The topological polar surface area (TPSA) is 68.7 Å². The fourth-order valence-electron chi connectivity index (χ4n) is 2.26. The molecule has 0 aliphatic heterocycles.